The molecular formula is C19H19N3O. The van der Waals surface area contributed by atoms with Gasteiger partial charge in [-0.25, -0.2) is 4.98 Å². The van der Waals surface area contributed by atoms with Gasteiger partial charge in [-0.3, -0.25) is 4.79 Å². The van der Waals surface area contributed by atoms with E-state index in [2.05, 4.69) is 15.3 Å². The van der Waals surface area contributed by atoms with E-state index in [9.17, 15) is 4.79 Å². The van der Waals surface area contributed by atoms with E-state index in [0.29, 0.717) is 11.5 Å². The first-order chi connectivity index (χ1) is 11.1. The van der Waals surface area contributed by atoms with Gasteiger partial charge in [0.05, 0.1) is 6.04 Å². The Hall–Kier alpha value is -2.88. The quantitative estimate of drug-likeness (QED) is 0.768. The molecule has 0 aliphatic carbocycles. The van der Waals surface area contributed by atoms with E-state index >= 15 is 0 Å². The van der Waals surface area contributed by atoms with Crippen LogP contribution in [0.5, 0.6) is 0 Å². The first kappa shape index (κ1) is 15.0. The summed E-state index contributed by atoms with van der Waals surface area (Å²) in [5.41, 5.74) is 3.23. The van der Waals surface area contributed by atoms with Crippen LogP contribution in [-0.4, -0.2) is 15.9 Å². The zero-order valence-electron chi connectivity index (χ0n) is 13.2. The summed E-state index contributed by atoms with van der Waals surface area (Å²) in [6.07, 6.45) is 0. The van der Waals surface area contributed by atoms with Crippen molar-refractivity contribution in [1.29, 1.82) is 0 Å². The van der Waals surface area contributed by atoms with Gasteiger partial charge in [0.15, 0.2) is 0 Å². The Morgan fingerprint density at radius 1 is 1.04 bits per heavy atom. The minimum Gasteiger partial charge on any atom is -0.344 e. The summed E-state index contributed by atoms with van der Waals surface area (Å²) in [5, 5.41) is 3.00. The molecular weight excluding hydrogens is 286 g/mol. The number of aromatic amines is 1. The second-order valence-electron chi connectivity index (χ2n) is 5.53. The molecule has 1 amide bonds. The molecule has 1 heterocycles. The Kier molecular flexibility index (Phi) is 4.24. The molecule has 0 aliphatic heterocycles. The normalized spacial score (nSPS) is 11.9. The fourth-order valence-electron chi connectivity index (χ4n) is 2.50. The van der Waals surface area contributed by atoms with Gasteiger partial charge in [0.1, 0.15) is 11.5 Å². The lowest BCUT2D eigenvalue weighted by atomic mass is 10.1. The van der Waals surface area contributed by atoms with Crippen molar-refractivity contribution >= 4 is 5.91 Å². The van der Waals surface area contributed by atoms with Crippen LogP contribution in [0, 0.1) is 6.92 Å². The van der Waals surface area contributed by atoms with E-state index in [0.717, 1.165) is 16.8 Å². The van der Waals surface area contributed by atoms with Gasteiger partial charge in [-0.1, -0.05) is 60.7 Å². The number of carbonyl (C=O) groups excluding carboxylic acids is 1. The number of aromatic nitrogens is 2. The third kappa shape index (κ3) is 3.31. The molecule has 0 spiro atoms. The number of imidazole rings is 1. The van der Waals surface area contributed by atoms with Crippen molar-refractivity contribution in [2.45, 2.75) is 19.9 Å². The van der Waals surface area contributed by atoms with Gasteiger partial charge in [-0.2, -0.15) is 0 Å². The number of hydrogen-bond acceptors (Lipinski definition) is 2. The van der Waals surface area contributed by atoms with Crippen LogP contribution in [0.2, 0.25) is 0 Å². The number of nitrogens with one attached hydrogen (secondary N) is 2. The van der Waals surface area contributed by atoms with E-state index in [-0.39, 0.29) is 11.9 Å². The SMILES string of the molecule is Cc1[nH]c(-c2ccccc2)nc1C(=O)NC(C)c1ccccc1. The number of rotatable bonds is 4. The fourth-order valence-corrected chi connectivity index (χ4v) is 2.50. The van der Waals surface area contributed by atoms with Crippen LogP contribution < -0.4 is 5.32 Å². The van der Waals surface area contributed by atoms with Crippen LogP contribution in [0.15, 0.2) is 60.7 Å². The lowest BCUT2D eigenvalue weighted by molar-refractivity contribution is 0.0934. The molecule has 0 saturated heterocycles. The minimum absolute atomic E-state index is 0.0695. The maximum Gasteiger partial charge on any atom is 0.272 e. The number of hydrogen-bond donors (Lipinski definition) is 2. The molecule has 1 aromatic heterocycles. The molecule has 2 aromatic carbocycles. The van der Waals surface area contributed by atoms with Gasteiger partial charge in [0.25, 0.3) is 5.91 Å². The molecule has 116 valence electrons. The standard InChI is InChI=1S/C19H19N3O/c1-13(15-9-5-3-6-10-15)21-19(23)17-14(2)20-18(22-17)16-11-7-4-8-12-16/h3-13H,1-2H3,(H,20,22)(H,21,23). The molecule has 1 unspecified atom stereocenters. The van der Waals surface area contributed by atoms with Crippen molar-refractivity contribution in [2.24, 2.45) is 0 Å². The molecule has 0 fully saturated rings. The smallest absolute Gasteiger partial charge is 0.272 e. The van der Waals surface area contributed by atoms with Gasteiger partial charge in [-0.15, -0.1) is 0 Å². The second-order valence-corrected chi connectivity index (χ2v) is 5.53. The predicted octanol–water partition coefficient (Wildman–Crippen LogP) is 3.88. The summed E-state index contributed by atoms with van der Waals surface area (Å²) in [5.74, 6) is 0.540. The Morgan fingerprint density at radius 3 is 2.30 bits per heavy atom. The predicted molar refractivity (Wildman–Crippen MR) is 91.1 cm³/mol. The van der Waals surface area contributed by atoms with Gasteiger partial charge < -0.3 is 10.3 Å². The summed E-state index contributed by atoms with van der Waals surface area (Å²) < 4.78 is 0. The summed E-state index contributed by atoms with van der Waals surface area (Å²) in [7, 11) is 0. The number of nitrogens with zero attached hydrogens (tertiary/aromatic N) is 1. The van der Waals surface area contributed by atoms with Crippen molar-refractivity contribution in [3.63, 3.8) is 0 Å². The monoisotopic (exact) mass is 305 g/mol. The zero-order chi connectivity index (χ0) is 16.2. The molecule has 1 atom stereocenters. The zero-order valence-corrected chi connectivity index (χ0v) is 13.2. The van der Waals surface area contributed by atoms with E-state index in [4.69, 9.17) is 0 Å². The molecule has 0 saturated carbocycles. The number of H-pyrrole nitrogens is 1. The van der Waals surface area contributed by atoms with E-state index in [1.807, 2.05) is 74.5 Å². The maximum absolute atomic E-state index is 12.5. The van der Waals surface area contributed by atoms with Gasteiger partial charge in [-0.05, 0) is 19.4 Å². The minimum atomic E-state index is -0.169. The average Bonchev–Trinajstić information content (AvgIpc) is 2.98. The van der Waals surface area contributed by atoms with E-state index < -0.39 is 0 Å². The summed E-state index contributed by atoms with van der Waals surface area (Å²) in [4.78, 5) is 20.1. The molecule has 4 nitrogen and oxygen atoms in total. The van der Waals surface area contributed by atoms with Crippen LogP contribution >= 0.6 is 0 Å². The van der Waals surface area contributed by atoms with Crippen molar-refractivity contribution in [3.8, 4) is 11.4 Å². The van der Waals surface area contributed by atoms with Crippen LogP contribution in [0.4, 0.5) is 0 Å². The number of aryl methyl sites for hydroxylation is 1. The molecule has 3 aromatic rings. The summed E-state index contributed by atoms with van der Waals surface area (Å²) >= 11 is 0. The Morgan fingerprint density at radius 2 is 1.65 bits per heavy atom. The third-order valence-corrected chi connectivity index (χ3v) is 3.79. The molecule has 0 aliphatic rings. The summed E-state index contributed by atoms with van der Waals surface area (Å²) in [6.45, 7) is 3.83. The second kappa shape index (κ2) is 6.48. The first-order valence-electron chi connectivity index (χ1n) is 7.63. The Balaban J connectivity index is 1.79. The van der Waals surface area contributed by atoms with Crippen LogP contribution in [-0.2, 0) is 0 Å². The highest BCUT2D eigenvalue weighted by Gasteiger charge is 2.18. The number of amides is 1. The molecule has 4 heteroatoms. The molecule has 0 radical (unpaired) electrons. The fraction of sp³-hybridized carbons (Fsp3) is 0.158. The lowest BCUT2D eigenvalue weighted by Gasteiger charge is -2.13. The van der Waals surface area contributed by atoms with E-state index in [1.54, 1.807) is 0 Å². The Bertz CT molecular complexity index is 794. The molecule has 2 N–H and O–H groups in total. The van der Waals surface area contributed by atoms with Crippen LogP contribution in [0.25, 0.3) is 11.4 Å². The van der Waals surface area contributed by atoms with Crippen molar-refractivity contribution in [2.75, 3.05) is 0 Å². The average molecular weight is 305 g/mol. The first-order valence-corrected chi connectivity index (χ1v) is 7.63. The molecule has 0 bridgehead atoms. The highest BCUT2D eigenvalue weighted by atomic mass is 16.2. The number of carbonyl (C=O) groups is 1. The highest BCUT2D eigenvalue weighted by molar-refractivity contribution is 5.94. The highest BCUT2D eigenvalue weighted by Crippen LogP contribution is 2.18. The lowest BCUT2D eigenvalue weighted by Crippen LogP contribution is -2.27. The topological polar surface area (TPSA) is 57.8 Å². The van der Waals surface area contributed by atoms with Gasteiger partial charge in [0.2, 0.25) is 0 Å². The van der Waals surface area contributed by atoms with Gasteiger partial charge >= 0.3 is 0 Å². The largest absolute Gasteiger partial charge is 0.344 e. The van der Waals surface area contributed by atoms with E-state index in [1.165, 1.54) is 0 Å². The maximum atomic E-state index is 12.5. The molecule has 3 rings (SSSR count). The Labute approximate surface area is 135 Å². The van der Waals surface area contributed by atoms with Crippen molar-refractivity contribution < 1.29 is 4.79 Å². The van der Waals surface area contributed by atoms with Crippen molar-refractivity contribution in [3.05, 3.63) is 77.6 Å². The van der Waals surface area contributed by atoms with Crippen LogP contribution in [0.3, 0.4) is 0 Å². The van der Waals surface area contributed by atoms with Gasteiger partial charge in [0, 0.05) is 11.3 Å². The molecule has 23 heavy (non-hydrogen) atoms. The van der Waals surface area contributed by atoms with Crippen molar-refractivity contribution in [1.82, 2.24) is 15.3 Å². The summed E-state index contributed by atoms with van der Waals surface area (Å²) in [6, 6.07) is 19.6. The van der Waals surface area contributed by atoms with Crippen LogP contribution in [0.1, 0.15) is 34.7 Å². The third-order valence-electron chi connectivity index (χ3n) is 3.79. The number of benzene rings is 2.